The molecule has 1 aromatic heterocycles. The Hall–Kier alpha value is -1.62. The second kappa shape index (κ2) is 7.24. The second-order valence-corrected chi connectivity index (χ2v) is 5.04. The van der Waals surface area contributed by atoms with Gasteiger partial charge >= 0.3 is 0 Å². The fourth-order valence-corrected chi connectivity index (χ4v) is 2.18. The third kappa shape index (κ3) is 4.81. The zero-order chi connectivity index (χ0) is 14.4. The van der Waals surface area contributed by atoms with Crippen LogP contribution in [-0.4, -0.2) is 17.4 Å². The van der Waals surface area contributed by atoms with Gasteiger partial charge in [-0.1, -0.05) is 23.2 Å². The van der Waals surface area contributed by atoms with E-state index in [1.165, 1.54) is 0 Å². The molecule has 2 aromatic rings. The summed E-state index contributed by atoms with van der Waals surface area (Å²) in [5.74, 6) is -0.155. The first-order chi connectivity index (χ1) is 9.63. The van der Waals surface area contributed by atoms with Gasteiger partial charge in [0.15, 0.2) is 0 Å². The molecule has 0 aliphatic heterocycles. The number of carbonyl (C=O) groups is 1. The minimum absolute atomic E-state index is 0.155. The van der Waals surface area contributed by atoms with E-state index in [4.69, 9.17) is 23.2 Å². The molecule has 0 bridgehead atoms. The van der Waals surface area contributed by atoms with Crippen LogP contribution in [0.1, 0.15) is 5.56 Å². The molecule has 4 nitrogen and oxygen atoms in total. The Morgan fingerprint density at radius 3 is 2.40 bits per heavy atom. The molecule has 1 amide bonds. The molecule has 0 radical (unpaired) electrons. The predicted molar refractivity (Wildman–Crippen MR) is 81.0 cm³/mol. The zero-order valence-corrected chi connectivity index (χ0v) is 12.1. The number of nitrogens with zero attached hydrogens (tertiary/aromatic N) is 1. The van der Waals surface area contributed by atoms with Crippen molar-refractivity contribution >= 4 is 34.8 Å². The number of anilines is 1. The third-order valence-corrected chi connectivity index (χ3v) is 2.95. The van der Waals surface area contributed by atoms with E-state index in [2.05, 4.69) is 15.6 Å². The Labute approximate surface area is 127 Å². The molecule has 1 aromatic carbocycles. The first-order valence-corrected chi connectivity index (χ1v) is 6.74. The van der Waals surface area contributed by atoms with Crippen LogP contribution in [0.25, 0.3) is 0 Å². The van der Waals surface area contributed by atoms with Crippen LogP contribution in [0.4, 0.5) is 5.69 Å². The quantitative estimate of drug-likeness (QED) is 0.892. The van der Waals surface area contributed by atoms with Gasteiger partial charge in [-0.2, -0.15) is 0 Å². The maximum atomic E-state index is 11.8. The highest BCUT2D eigenvalue weighted by molar-refractivity contribution is 6.35. The molecule has 1 heterocycles. The van der Waals surface area contributed by atoms with Crippen molar-refractivity contribution in [2.24, 2.45) is 0 Å². The Balaban J connectivity index is 1.81. The Kier molecular flexibility index (Phi) is 5.35. The molecule has 0 spiro atoms. The molecular weight excluding hydrogens is 297 g/mol. The van der Waals surface area contributed by atoms with Crippen LogP contribution in [0.2, 0.25) is 10.0 Å². The molecule has 0 unspecified atom stereocenters. The monoisotopic (exact) mass is 309 g/mol. The maximum absolute atomic E-state index is 11.8. The number of nitrogens with one attached hydrogen (secondary N) is 2. The normalized spacial score (nSPS) is 10.3. The number of rotatable bonds is 5. The van der Waals surface area contributed by atoms with Gasteiger partial charge in [-0.15, -0.1) is 0 Å². The van der Waals surface area contributed by atoms with Gasteiger partial charge in [0, 0.05) is 34.7 Å². The Bertz CT molecular complexity index is 570. The first-order valence-electron chi connectivity index (χ1n) is 5.99. The second-order valence-electron chi connectivity index (χ2n) is 4.17. The van der Waals surface area contributed by atoms with E-state index >= 15 is 0 Å². The molecular formula is C14H13Cl2N3O. The summed E-state index contributed by atoms with van der Waals surface area (Å²) >= 11 is 11.7. The largest absolute Gasteiger partial charge is 0.325 e. The van der Waals surface area contributed by atoms with E-state index in [0.29, 0.717) is 22.3 Å². The fourth-order valence-electron chi connectivity index (χ4n) is 1.65. The van der Waals surface area contributed by atoms with Crippen LogP contribution < -0.4 is 10.6 Å². The minimum Gasteiger partial charge on any atom is -0.325 e. The fraction of sp³-hybridized carbons (Fsp3) is 0.143. The summed E-state index contributed by atoms with van der Waals surface area (Å²) in [4.78, 5) is 15.7. The summed E-state index contributed by atoms with van der Waals surface area (Å²) in [5.41, 5.74) is 1.65. The van der Waals surface area contributed by atoms with Crippen LogP contribution in [0, 0.1) is 0 Å². The van der Waals surface area contributed by atoms with Crippen LogP contribution in [0.3, 0.4) is 0 Å². The van der Waals surface area contributed by atoms with E-state index in [0.717, 1.165) is 5.56 Å². The number of carbonyl (C=O) groups excluding carboxylic acids is 1. The summed E-state index contributed by atoms with van der Waals surface area (Å²) in [6.07, 6.45) is 3.43. The number of pyridine rings is 1. The number of hydrogen-bond acceptors (Lipinski definition) is 3. The van der Waals surface area contributed by atoms with E-state index in [1.54, 1.807) is 30.6 Å². The lowest BCUT2D eigenvalue weighted by atomic mass is 10.3. The molecule has 0 fully saturated rings. The van der Waals surface area contributed by atoms with E-state index in [1.807, 2.05) is 12.1 Å². The molecule has 104 valence electrons. The maximum Gasteiger partial charge on any atom is 0.238 e. The topological polar surface area (TPSA) is 54.0 Å². The lowest BCUT2D eigenvalue weighted by molar-refractivity contribution is -0.115. The van der Waals surface area contributed by atoms with E-state index < -0.39 is 0 Å². The van der Waals surface area contributed by atoms with Crippen LogP contribution in [0.15, 0.2) is 42.7 Å². The van der Waals surface area contributed by atoms with Crippen LogP contribution in [0.5, 0.6) is 0 Å². The Morgan fingerprint density at radius 2 is 1.75 bits per heavy atom. The number of halogens is 2. The van der Waals surface area contributed by atoms with Crippen molar-refractivity contribution < 1.29 is 4.79 Å². The van der Waals surface area contributed by atoms with Crippen LogP contribution in [-0.2, 0) is 11.3 Å². The summed E-state index contributed by atoms with van der Waals surface area (Å²) in [5, 5.41) is 6.74. The predicted octanol–water partition coefficient (Wildman–Crippen LogP) is 3.12. The molecule has 0 aliphatic carbocycles. The van der Waals surface area contributed by atoms with Crippen molar-refractivity contribution in [2.75, 3.05) is 11.9 Å². The molecule has 6 heteroatoms. The molecule has 2 rings (SSSR count). The number of benzene rings is 1. The molecule has 0 atom stereocenters. The van der Waals surface area contributed by atoms with Gasteiger partial charge in [-0.3, -0.25) is 9.78 Å². The summed E-state index contributed by atoms with van der Waals surface area (Å²) < 4.78 is 0. The van der Waals surface area contributed by atoms with Gasteiger partial charge in [-0.25, -0.2) is 0 Å². The van der Waals surface area contributed by atoms with Gasteiger partial charge in [0.25, 0.3) is 0 Å². The van der Waals surface area contributed by atoms with Gasteiger partial charge in [0.1, 0.15) is 0 Å². The average Bonchev–Trinajstić information content (AvgIpc) is 2.38. The van der Waals surface area contributed by atoms with Crippen molar-refractivity contribution in [3.63, 3.8) is 0 Å². The molecule has 0 saturated heterocycles. The molecule has 0 aliphatic rings. The van der Waals surface area contributed by atoms with Gasteiger partial charge < -0.3 is 10.6 Å². The molecule has 20 heavy (non-hydrogen) atoms. The van der Waals surface area contributed by atoms with Gasteiger partial charge in [0.2, 0.25) is 5.91 Å². The summed E-state index contributed by atoms with van der Waals surface area (Å²) in [7, 11) is 0. The van der Waals surface area contributed by atoms with Crippen molar-refractivity contribution in [2.45, 2.75) is 6.54 Å². The standard InChI is InChI=1S/C14H13Cl2N3O/c15-11-5-12(16)7-13(6-11)19-14(20)9-18-8-10-1-3-17-4-2-10/h1-7,18H,8-9H2,(H,19,20). The summed E-state index contributed by atoms with van der Waals surface area (Å²) in [6, 6.07) is 8.69. The van der Waals surface area contributed by atoms with Gasteiger partial charge in [-0.05, 0) is 35.9 Å². The molecule has 2 N–H and O–H groups in total. The number of aromatic nitrogens is 1. The van der Waals surface area contributed by atoms with Gasteiger partial charge in [0.05, 0.1) is 6.54 Å². The average molecular weight is 310 g/mol. The number of amides is 1. The lowest BCUT2D eigenvalue weighted by Gasteiger charge is -2.07. The van der Waals surface area contributed by atoms with Crippen molar-refractivity contribution in [3.05, 3.63) is 58.3 Å². The van der Waals surface area contributed by atoms with Crippen molar-refractivity contribution in [1.29, 1.82) is 0 Å². The minimum atomic E-state index is -0.155. The zero-order valence-electron chi connectivity index (χ0n) is 10.6. The first kappa shape index (κ1) is 14.8. The summed E-state index contributed by atoms with van der Waals surface area (Å²) in [6.45, 7) is 0.804. The van der Waals surface area contributed by atoms with Crippen LogP contribution >= 0.6 is 23.2 Å². The number of hydrogen-bond donors (Lipinski definition) is 2. The third-order valence-electron chi connectivity index (χ3n) is 2.51. The van der Waals surface area contributed by atoms with Crippen molar-refractivity contribution in [1.82, 2.24) is 10.3 Å². The smallest absolute Gasteiger partial charge is 0.238 e. The SMILES string of the molecule is O=C(CNCc1ccncc1)Nc1cc(Cl)cc(Cl)c1. The highest BCUT2D eigenvalue weighted by atomic mass is 35.5. The Morgan fingerprint density at radius 1 is 1.10 bits per heavy atom. The lowest BCUT2D eigenvalue weighted by Crippen LogP contribution is -2.27. The molecule has 0 saturated carbocycles. The van der Waals surface area contributed by atoms with E-state index in [9.17, 15) is 4.79 Å². The van der Waals surface area contributed by atoms with Crippen molar-refractivity contribution in [3.8, 4) is 0 Å². The highest BCUT2D eigenvalue weighted by Crippen LogP contribution is 2.22. The highest BCUT2D eigenvalue weighted by Gasteiger charge is 2.04. The van der Waals surface area contributed by atoms with E-state index in [-0.39, 0.29) is 12.5 Å².